The van der Waals surface area contributed by atoms with Gasteiger partial charge in [-0.05, 0) is 50.6 Å². The number of aromatic amines is 1. The number of nitrogens with one attached hydrogen (secondary N) is 3. The Balaban J connectivity index is 1.65. The number of hydrogen-bond donors (Lipinski definition) is 3. The highest BCUT2D eigenvalue weighted by Crippen LogP contribution is 2.38. The quantitative estimate of drug-likeness (QED) is 0.104. The van der Waals surface area contributed by atoms with Crippen LogP contribution in [0.15, 0.2) is 73.1 Å². The Labute approximate surface area is 248 Å². The molecule has 43 heavy (non-hydrogen) atoms. The molecule has 0 bridgehead atoms. The Kier molecular flexibility index (Phi) is 9.89. The van der Waals surface area contributed by atoms with Crippen LogP contribution in [0.4, 0.5) is 20.6 Å². The van der Waals surface area contributed by atoms with Crippen LogP contribution in [0.5, 0.6) is 5.75 Å². The van der Waals surface area contributed by atoms with Gasteiger partial charge in [0.25, 0.3) is 0 Å². The molecular weight excluding hydrogens is 555 g/mol. The number of halogens is 1. The first-order valence-corrected chi connectivity index (χ1v) is 13.5. The van der Waals surface area contributed by atoms with E-state index in [1.165, 1.54) is 25.3 Å². The normalized spacial score (nSPS) is 11.1. The molecule has 11 heteroatoms. The molecule has 0 atom stereocenters. The zero-order valence-electron chi connectivity index (χ0n) is 24.3. The molecular formula is C32H33FN4O6. The molecule has 0 spiro atoms. The minimum atomic E-state index is -0.782. The van der Waals surface area contributed by atoms with Crippen molar-refractivity contribution < 1.29 is 33.0 Å². The van der Waals surface area contributed by atoms with Gasteiger partial charge in [0.1, 0.15) is 29.6 Å². The van der Waals surface area contributed by atoms with Crippen molar-refractivity contribution >= 4 is 29.2 Å². The lowest BCUT2D eigenvalue weighted by atomic mass is 10.0. The second kappa shape index (κ2) is 13.8. The van der Waals surface area contributed by atoms with E-state index in [2.05, 4.69) is 20.6 Å². The van der Waals surface area contributed by atoms with Crippen molar-refractivity contribution in [2.45, 2.75) is 32.8 Å². The van der Waals surface area contributed by atoms with Crippen molar-refractivity contribution in [3.05, 3.63) is 84.4 Å². The highest BCUT2D eigenvalue weighted by atomic mass is 19.1. The van der Waals surface area contributed by atoms with Gasteiger partial charge in [-0.3, -0.25) is 14.9 Å². The number of amides is 2. The monoisotopic (exact) mass is 588 g/mol. The van der Waals surface area contributed by atoms with E-state index in [0.29, 0.717) is 40.4 Å². The van der Waals surface area contributed by atoms with Gasteiger partial charge in [0.15, 0.2) is 5.78 Å². The maximum atomic E-state index is 13.7. The van der Waals surface area contributed by atoms with E-state index >= 15 is 0 Å². The van der Waals surface area contributed by atoms with Crippen molar-refractivity contribution in [1.29, 1.82) is 0 Å². The molecule has 10 nitrogen and oxygen atoms in total. The number of ketones is 1. The van der Waals surface area contributed by atoms with E-state index in [1.54, 1.807) is 75.6 Å². The molecule has 0 unspecified atom stereocenters. The Morgan fingerprint density at radius 3 is 2.35 bits per heavy atom. The molecule has 0 saturated carbocycles. The zero-order valence-corrected chi connectivity index (χ0v) is 24.3. The number of nitrogens with zero attached hydrogens (tertiary/aromatic N) is 1. The number of rotatable bonds is 11. The number of carbonyl (C=O) groups is 3. The third kappa shape index (κ3) is 8.73. The third-order valence-electron chi connectivity index (χ3n) is 6.01. The third-order valence-corrected chi connectivity index (χ3v) is 6.01. The van der Waals surface area contributed by atoms with E-state index < -0.39 is 35.6 Å². The summed E-state index contributed by atoms with van der Waals surface area (Å²) in [6.45, 7) is 5.64. The smallest absolute Gasteiger partial charge is 0.412 e. The van der Waals surface area contributed by atoms with E-state index in [0.717, 1.165) is 0 Å². The SMILES string of the molecule is COCCOc1cc(NC(=O)OC(C)(C)C)c(NC(=O)CC(=O)c2cccc(-c3ncc[nH]3)c2)cc1-c1ccc(F)cc1. The first-order chi connectivity index (χ1) is 20.5. The number of anilines is 2. The first kappa shape index (κ1) is 30.9. The van der Waals surface area contributed by atoms with E-state index in [4.69, 9.17) is 14.2 Å². The molecule has 3 N–H and O–H groups in total. The summed E-state index contributed by atoms with van der Waals surface area (Å²) < 4.78 is 30.1. The van der Waals surface area contributed by atoms with Gasteiger partial charge in [-0.25, -0.2) is 14.2 Å². The van der Waals surface area contributed by atoms with Gasteiger partial charge in [0.05, 0.1) is 24.4 Å². The van der Waals surface area contributed by atoms with Crippen LogP contribution < -0.4 is 15.4 Å². The largest absolute Gasteiger partial charge is 0.490 e. The molecule has 1 heterocycles. The minimum absolute atomic E-state index is 0.174. The fourth-order valence-electron chi connectivity index (χ4n) is 4.11. The molecule has 3 aromatic carbocycles. The van der Waals surface area contributed by atoms with Crippen LogP contribution in [-0.2, 0) is 14.3 Å². The average molecular weight is 589 g/mol. The Bertz CT molecular complexity index is 1580. The highest BCUT2D eigenvalue weighted by Gasteiger charge is 2.22. The Morgan fingerprint density at radius 1 is 0.930 bits per heavy atom. The van der Waals surface area contributed by atoms with Crippen molar-refractivity contribution in [3.63, 3.8) is 0 Å². The van der Waals surface area contributed by atoms with E-state index in [1.807, 2.05) is 0 Å². The summed E-state index contributed by atoms with van der Waals surface area (Å²) in [6.07, 6.45) is 2.06. The number of ether oxygens (including phenoxy) is 3. The second-order valence-corrected chi connectivity index (χ2v) is 10.5. The molecule has 2 amide bonds. The van der Waals surface area contributed by atoms with Gasteiger partial charge in [-0.2, -0.15) is 0 Å². The summed E-state index contributed by atoms with van der Waals surface area (Å²) in [5.41, 5.74) is 1.73. The number of H-pyrrole nitrogens is 1. The molecule has 224 valence electrons. The lowest BCUT2D eigenvalue weighted by Crippen LogP contribution is -2.27. The fraction of sp³-hybridized carbons (Fsp3) is 0.250. The number of Topliss-reactive ketones (excluding diaryl/α,β-unsaturated/α-hetero) is 1. The lowest BCUT2D eigenvalue weighted by Gasteiger charge is -2.22. The fourth-order valence-corrected chi connectivity index (χ4v) is 4.11. The lowest BCUT2D eigenvalue weighted by molar-refractivity contribution is -0.115. The van der Waals surface area contributed by atoms with Crippen molar-refractivity contribution in [2.75, 3.05) is 31.0 Å². The van der Waals surface area contributed by atoms with Crippen molar-refractivity contribution in [1.82, 2.24) is 9.97 Å². The van der Waals surface area contributed by atoms with Gasteiger partial charge in [-0.1, -0.05) is 30.3 Å². The van der Waals surface area contributed by atoms with Crippen LogP contribution in [-0.4, -0.2) is 53.7 Å². The predicted molar refractivity (Wildman–Crippen MR) is 161 cm³/mol. The van der Waals surface area contributed by atoms with Crippen molar-refractivity contribution in [2.24, 2.45) is 0 Å². The summed E-state index contributed by atoms with van der Waals surface area (Å²) in [5.74, 6) is -0.502. The predicted octanol–water partition coefficient (Wildman–Crippen LogP) is 6.47. The summed E-state index contributed by atoms with van der Waals surface area (Å²) in [6, 6.07) is 15.6. The van der Waals surface area contributed by atoms with Crippen LogP contribution in [0.2, 0.25) is 0 Å². The zero-order chi connectivity index (χ0) is 31.0. The van der Waals surface area contributed by atoms with Crippen molar-refractivity contribution in [3.8, 4) is 28.3 Å². The van der Waals surface area contributed by atoms with E-state index in [9.17, 15) is 18.8 Å². The number of imidazole rings is 1. The van der Waals surface area contributed by atoms with Gasteiger partial charge in [-0.15, -0.1) is 0 Å². The summed E-state index contributed by atoms with van der Waals surface area (Å²) in [4.78, 5) is 46.1. The molecule has 0 aliphatic carbocycles. The van der Waals surface area contributed by atoms with Gasteiger partial charge in [0, 0.05) is 42.3 Å². The van der Waals surface area contributed by atoms with Gasteiger partial charge >= 0.3 is 6.09 Å². The van der Waals surface area contributed by atoms with Crippen LogP contribution in [0.3, 0.4) is 0 Å². The summed E-state index contributed by atoms with van der Waals surface area (Å²) >= 11 is 0. The minimum Gasteiger partial charge on any atom is -0.490 e. The maximum absolute atomic E-state index is 13.7. The molecule has 1 aromatic heterocycles. The van der Waals surface area contributed by atoms with E-state index in [-0.39, 0.29) is 18.0 Å². The summed E-state index contributed by atoms with van der Waals surface area (Å²) in [5, 5.41) is 5.39. The molecule has 4 rings (SSSR count). The standard InChI is InChI=1S/C32H33FN4O6/c1-32(2,3)43-31(40)37-26-18-28(42-15-14-41-4)24(20-8-10-23(33)11-9-20)17-25(26)36-29(39)19-27(38)21-6-5-7-22(16-21)30-34-12-13-35-30/h5-13,16-18H,14-15,19H2,1-4H3,(H,34,35)(H,36,39)(H,37,40). The Hall–Kier alpha value is -5.03. The molecule has 0 aliphatic heterocycles. The Morgan fingerprint density at radius 2 is 1.67 bits per heavy atom. The number of hydrogen-bond acceptors (Lipinski definition) is 7. The topological polar surface area (TPSA) is 132 Å². The molecule has 4 aromatic rings. The maximum Gasteiger partial charge on any atom is 0.412 e. The molecule has 0 fully saturated rings. The first-order valence-electron chi connectivity index (χ1n) is 13.5. The van der Waals surface area contributed by atoms with Gasteiger partial charge < -0.3 is 24.5 Å². The van der Waals surface area contributed by atoms with Crippen LogP contribution >= 0.6 is 0 Å². The van der Waals surface area contributed by atoms with Crippen LogP contribution in [0, 0.1) is 5.82 Å². The number of benzene rings is 3. The molecule has 0 radical (unpaired) electrons. The van der Waals surface area contributed by atoms with Gasteiger partial charge in [0.2, 0.25) is 5.91 Å². The highest BCUT2D eigenvalue weighted by molar-refractivity contribution is 6.12. The molecule has 0 saturated heterocycles. The average Bonchev–Trinajstić information content (AvgIpc) is 3.49. The summed E-state index contributed by atoms with van der Waals surface area (Å²) in [7, 11) is 1.53. The second-order valence-electron chi connectivity index (χ2n) is 10.5. The number of aromatic nitrogens is 2. The number of methoxy groups -OCH3 is 1. The van der Waals surface area contributed by atoms with Crippen LogP contribution in [0.25, 0.3) is 22.5 Å². The number of carbonyl (C=O) groups excluding carboxylic acids is 3. The molecule has 0 aliphatic rings. The van der Waals surface area contributed by atoms with Crippen LogP contribution in [0.1, 0.15) is 37.6 Å².